The molecule has 0 aliphatic rings. The van der Waals surface area contributed by atoms with E-state index in [-0.39, 0.29) is 5.56 Å². The van der Waals surface area contributed by atoms with Crippen LogP contribution in [0, 0.1) is 17.1 Å². The van der Waals surface area contributed by atoms with E-state index in [2.05, 4.69) is 0 Å². The molecule has 0 atom stereocenters. The average molecular weight is 190 g/mol. The van der Waals surface area contributed by atoms with Crippen LogP contribution in [-0.2, 0) is 0 Å². The van der Waals surface area contributed by atoms with Gasteiger partial charge in [-0.2, -0.15) is 5.26 Å². The zero-order valence-electron chi connectivity index (χ0n) is 7.70. The van der Waals surface area contributed by atoms with Crippen molar-refractivity contribution in [1.29, 1.82) is 5.26 Å². The lowest BCUT2D eigenvalue weighted by Gasteiger charge is -1.97. The van der Waals surface area contributed by atoms with E-state index in [1.54, 1.807) is 30.4 Å². The largest absolute Gasteiger partial charge is 0.330 e. The normalized spacial score (nSPS) is 10.4. The molecular formula is C11H11FN2. The van der Waals surface area contributed by atoms with E-state index in [4.69, 9.17) is 11.0 Å². The molecule has 2 nitrogen and oxygen atoms in total. The summed E-state index contributed by atoms with van der Waals surface area (Å²) in [4.78, 5) is 0. The molecule has 0 aliphatic carbocycles. The van der Waals surface area contributed by atoms with Crippen molar-refractivity contribution in [3.8, 4) is 6.07 Å². The Morgan fingerprint density at radius 3 is 2.93 bits per heavy atom. The Morgan fingerprint density at radius 2 is 2.29 bits per heavy atom. The van der Waals surface area contributed by atoms with Gasteiger partial charge in [-0.25, -0.2) is 4.39 Å². The van der Waals surface area contributed by atoms with Gasteiger partial charge in [-0.1, -0.05) is 24.3 Å². The van der Waals surface area contributed by atoms with Crippen molar-refractivity contribution in [2.24, 2.45) is 5.73 Å². The van der Waals surface area contributed by atoms with E-state index in [1.807, 2.05) is 0 Å². The second kappa shape index (κ2) is 5.15. The Bertz CT molecular complexity index is 377. The van der Waals surface area contributed by atoms with Crippen LogP contribution in [0.2, 0.25) is 0 Å². The van der Waals surface area contributed by atoms with Crippen LogP contribution < -0.4 is 5.73 Å². The van der Waals surface area contributed by atoms with E-state index < -0.39 is 5.82 Å². The molecule has 1 aromatic rings. The fourth-order valence-corrected chi connectivity index (χ4v) is 1.07. The molecule has 0 heterocycles. The molecule has 1 rings (SSSR count). The average Bonchev–Trinajstić information content (AvgIpc) is 2.21. The Hall–Kier alpha value is -1.66. The Morgan fingerprint density at radius 1 is 1.50 bits per heavy atom. The van der Waals surface area contributed by atoms with Crippen molar-refractivity contribution in [2.45, 2.75) is 6.42 Å². The second-order valence-corrected chi connectivity index (χ2v) is 2.80. The molecule has 0 fully saturated rings. The number of nitrogens with zero attached hydrogens (tertiary/aromatic N) is 1. The first-order valence-electron chi connectivity index (χ1n) is 4.35. The summed E-state index contributed by atoms with van der Waals surface area (Å²) in [5.41, 5.74) is 5.79. The third-order valence-corrected chi connectivity index (χ3v) is 1.78. The van der Waals surface area contributed by atoms with E-state index in [9.17, 15) is 4.39 Å². The minimum absolute atomic E-state index is 0.0694. The molecule has 0 spiro atoms. The molecular weight excluding hydrogens is 179 g/mol. The lowest BCUT2D eigenvalue weighted by molar-refractivity contribution is 0.621. The summed E-state index contributed by atoms with van der Waals surface area (Å²) in [6.45, 7) is 0.538. The van der Waals surface area contributed by atoms with Gasteiger partial charge in [-0.15, -0.1) is 0 Å². The summed E-state index contributed by atoms with van der Waals surface area (Å²) in [6, 6.07) is 6.53. The van der Waals surface area contributed by atoms with Crippen LogP contribution in [0.25, 0.3) is 6.08 Å². The molecule has 0 aliphatic heterocycles. The van der Waals surface area contributed by atoms with Gasteiger partial charge in [0.2, 0.25) is 0 Å². The first-order chi connectivity index (χ1) is 6.79. The first kappa shape index (κ1) is 10.4. The molecule has 0 amide bonds. The van der Waals surface area contributed by atoms with Gasteiger partial charge < -0.3 is 5.73 Å². The zero-order valence-corrected chi connectivity index (χ0v) is 7.70. The Balaban J connectivity index is 2.94. The van der Waals surface area contributed by atoms with Gasteiger partial charge in [-0.05, 0) is 19.0 Å². The molecule has 0 saturated carbocycles. The standard InChI is InChI=1S/C11H11FN2/c12-11-9(4-1-2-7-13)5-3-6-10(11)8-14/h1,3-6H,2,7,13H2. The number of benzene rings is 1. The molecule has 1 aromatic carbocycles. The third-order valence-electron chi connectivity index (χ3n) is 1.78. The van der Waals surface area contributed by atoms with Crippen LogP contribution in [0.3, 0.4) is 0 Å². The van der Waals surface area contributed by atoms with E-state index in [0.29, 0.717) is 18.5 Å². The number of halogens is 1. The highest BCUT2D eigenvalue weighted by Crippen LogP contribution is 2.13. The fraction of sp³-hybridized carbons (Fsp3) is 0.182. The molecule has 14 heavy (non-hydrogen) atoms. The molecule has 2 N–H and O–H groups in total. The van der Waals surface area contributed by atoms with E-state index in [1.165, 1.54) is 6.07 Å². The number of hydrogen-bond acceptors (Lipinski definition) is 2. The molecule has 3 heteroatoms. The van der Waals surface area contributed by atoms with E-state index in [0.717, 1.165) is 0 Å². The topological polar surface area (TPSA) is 49.8 Å². The van der Waals surface area contributed by atoms with Gasteiger partial charge in [0.05, 0.1) is 5.56 Å². The maximum Gasteiger partial charge on any atom is 0.148 e. The smallest absolute Gasteiger partial charge is 0.148 e. The summed E-state index contributed by atoms with van der Waals surface area (Å²) in [5.74, 6) is -0.469. The predicted molar refractivity (Wildman–Crippen MR) is 53.8 cm³/mol. The van der Waals surface area contributed by atoms with Crippen molar-refractivity contribution in [1.82, 2.24) is 0 Å². The zero-order chi connectivity index (χ0) is 10.4. The Kier molecular flexibility index (Phi) is 3.84. The SMILES string of the molecule is N#Cc1cccc(C=CCCN)c1F. The van der Waals surface area contributed by atoms with Crippen LogP contribution in [-0.4, -0.2) is 6.54 Å². The monoisotopic (exact) mass is 190 g/mol. The van der Waals surface area contributed by atoms with Crippen molar-refractivity contribution in [2.75, 3.05) is 6.54 Å². The summed E-state index contributed by atoms with van der Waals surface area (Å²) in [5, 5.41) is 8.58. The highest BCUT2D eigenvalue weighted by atomic mass is 19.1. The maximum absolute atomic E-state index is 13.4. The highest BCUT2D eigenvalue weighted by molar-refractivity contribution is 5.53. The minimum Gasteiger partial charge on any atom is -0.330 e. The second-order valence-electron chi connectivity index (χ2n) is 2.80. The maximum atomic E-state index is 13.4. The number of rotatable bonds is 3. The van der Waals surface area contributed by atoms with Crippen molar-refractivity contribution in [3.63, 3.8) is 0 Å². The predicted octanol–water partition coefficient (Wildman–Crippen LogP) is 2.06. The summed E-state index contributed by atoms with van der Waals surface area (Å²) in [6.07, 6.45) is 4.14. The van der Waals surface area contributed by atoms with Crippen LogP contribution >= 0.6 is 0 Å². The van der Waals surface area contributed by atoms with Crippen molar-refractivity contribution in [3.05, 3.63) is 41.2 Å². The quantitative estimate of drug-likeness (QED) is 0.793. The van der Waals surface area contributed by atoms with Gasteiger partial charge in [0.25, 0.3) is 0 Å². The van der Waals surface area contributed by atoms with Gasteiger partial charge in [0.15, 0.2) is 0 Å². The Labute approximate surface area is 82.5 Å². The lowest BCUT2D eigenvalue weighted by Crippen LogP contribution is -1.95. The van der Waals surface area contributed by atoms with E-state index >= 15 is 0 Å². The molecule has 72 valence electrons. The highest BCUT2D eigenvalue weighted by Gasteiger charge is 2.03. The molecule has 0 bridgehead atoms. The molecule has 0 radical (unpaired) electrons. The van der Waals surface area contributed by atoms with Gasteiger partial charge in [0.1, 0.15) is 11.9 Å². The third kappa shape index (κ3) is 2.41. The molecule has 0 saturated heterocycles. The number of hydrogen-bond donors (Lipinski definition) is 1. The van der Waals surface area contributed by atoms with Crippen molar-refractivity contribution >= 4 is 6.08 Å². The summed E-state index contributed by atoms with van der Waals surface area (Å²) < 4.78 is 13.4. The minimum atomic E-state index is -0.469. The van der Waals surface area contributed by atoms with Crippen LogP contribution in [0.5, 0.6) is 0 Å². The van der Waals surface area contributed by atoms with Gasteiger partial charge >= 0.3 is 0 Å². The van der Waals surface area contributed by atoms with Crippen LogP contribution in [0.4, 0.5) is 4.39 Å². The van der Waals surface area contributed by atoms with Crippen LogP contribution in [0.1, 0.15) is 17.5 Å². The first-order valence-corrected chi connectivity index (χ1v) is 4.35. The van der Waals surface area contributed by atoms with Crippen LogP contribution in [0.15, 0.2) is 24.3 Å². The number of nitriles is 1. The van der Waals surface area contributed by atoms with Gasteiger partial charge in [0, 0.05) is 5.56 Å². The van der Waals surface area contributed by atoms with Crippen molar-refractivity contribution < 1.29 is 4.39 Å². The number of nitrogens with two attached hydrogens (primary N) is 1. The fourth-order valence-electron chi connectivity index (χ4n) is 1.07. The summed E-state index contributed by atoms with van der Waals surface area (Å²) >= 11 is 0. The lowest BCUT2D eigenvalue weighted by atomic mass is 10.1. The van der Waals surface area contributed by atoms with Gasteiger partial charge in [-0.3, -0.25) is 0 Å². The molecule has 0 aromatic heterocycles. The summed E-state index contributed by atoms with van der Waals surface area (Å²) in [7, 11) is 0. The molecule has 0 unspecified atom stereocenters.